The highest BCUT2D eigenvalue weighted by Gasteiger charge is 2.14. The van der Waals surface area contributed by atoms with Crippen molar-refractivity contribution in [3.8, 4) is 0 Å². The second kappa shape index (κ2) is 7.57. The number of rotatable bonds is 5. The molecule has 2 rings (SSSR count). The van der Waals surface area contributed by atoms with Crippen LogP contribution in [-0.4, -0.2) is 38.8 Å². The number of ether oxygens (including phenoxy) is 1. The lowest BCUT2D eigenvalue weighted by Crippen LogP contribution is -3.14. The molecule has 2 N–H and O–H groups in total. The SMILES string of the molecule is Cc1cc(C)c(NC(=O)CCC[NH+]2CCOCC2)c(C)c1. The fourth-order valence-electron chi connectivity index (χ4n) is 2.99. The highest BCUT2D eigenvalue weighted by molar-refractivity contribution is 5.92. The molecule has 21 heavy (non-hydrogen) atoms. The van der Waals surface area contributed by atoms with E-state index in [1.165, 1.54) is 5.56 Å². The second-order valence-corrected chi connectivity index (χ2v) is 6.04. The van der Waals surface area contributed by atoms with Gasteiger partial charge in [0.05, 0.1) is 19.8 Å². The van der Waals surface area contributed by atoms with E-state index in [2.05, 4.69) is 24.4 Å². The number of carbonyl (C=O) groups excluding carboxylic acids is 1. The summed E-state index contributed by atoms with van der Waals surface area (Å²) in [6.45, 7) is 11.1. The normalized spacial score (nSPS) is 16.0. The molecule has 1 aromatic rings. The van der Waals surface area contributed by atoms with E-state index < -0.39 is 0 Å². The Labute approximate surface area is 127 Å². The summed E-state index contributed by atoms with van der Waals surface area (Å²) in [5.74, 6) is 0.123. The molecule has 0 aliphatic carbocycles. The van der Waals surface area contributed by atoms with E-state index >= 15 is 0 Å². The summed E-state index contributed by atoms with van der Waals surface area (Å²) in [5, 5.41) is 3.07. The molecule has 1 amide bonds. The Bertz CT molecular complexity index is 471. The number of aryl methyl sites for hydroxylation is 3. The minimum atomic E-state index is 0.123. The molecule has 0 spiro atoms. The number of quaternary nitrogens is 1. The fourth-order valence-corrected chi connectivity index (χ4v) is 2.99. The Balaban J connectivity index is 1.79. The average Bonchev–Trinajstić information content (AvgIpc) is 2.44. The molecule has 1 aromatic carbocycles. The molecule has 4 nitrogen and oxygen atoms in total. The van der Waals surface area contributed by atoms with E-state index in [0.717, 1.165) is 56.1 Å². The van der Waals surface area contributed by atoms with Crippen molar-refractivity contribution in [1.29, 1.82) is 0 Å². The smallest absolute Gasteiger partial charge is 0.224 e. The molecule has 1 aliphatic rings. The molecular formula is C17H27N2O2+. The molecule has 0 radical (unpaired) electrons. The Kier molecular flexibility index (Phi) is 5.76. The maximum absolute atomic E-state index is 12.1. The Morgan fingerprint density at radius 1 is 1.19 bits per heavy atom. The summed E-state index contributed by atoms with van der Waals surface area (Å²) in [7, 11) is 0. The molecule has 1 aliphatic heterocycles. The first kappa shape index (κ1) is 16.0. The number of nitrogens with one attached hydrogen (secondary N) is 2. The van der Waals surface area contributed by atoms with Crippen molar-refractivity contribution in [3.05, 3.63) is 28.8 Å². The predicted octanol–water partition coefficient (Wildman–Crippen LogP) is 1.25. The number of anilines is 1. The van der Waals surface area contributed by atoms with Gasteiger partial charge in [-0.2, -0.15) is 0 Å². The third-order valence-corrected chi connectivity index (χ3v) is 4.08. The Morgan fingerprint density at radius 2 is 1.81 bits per heavy atom. The van der Waals surface area contributed by atoms with E-state index in [9.17, 15) is 4.79 Å². The van der Waals surface area contributed by atoms with Crippen molar-refractivity contribution in [2.24, 2.45) is 0 Å². The van der Waals surface area contributed by atoms with Crippen molar-refractivity contribution in [1.82, 2.24) is 0 Å². The molecule has 0 bridgehead atoms. The van der Waals surface area contributed by atoms with Gasteiger partial charge in [-0.1, -0.05) is 17.7 Å². The Morgan fingerprint density at radius 3 is 2.43 bits per heavy atom. The lowest BCUT2D eigenvalue weighted by Gasteiger charge is -2.23. The molecule has 0 saturated carbocycles. The molecule has 4 heteroatoms. The third kappa shape index (κ3) is 4.83. The lowest BCUT2D eigenvalue weighted by atomic mass is 10.0. The van der Waals surface area contributed by atoms with Crippen LogP contribution in [0, 0.1) is 20.8 Å². The van der Waals surface area contributed by atoms with Gasteiger partial charge in [0.15, 0.2) is 0 Å². The number of carbonyl (C=O) groups is 1. The first-order valence-corrected chi connectivity index (χ1v) is 7.85. The Hall–Kier alpha value is -1.39. The van der Waals surface area contributed by atoms with Gasteiger partial charge in [0.1, 0.15) is 13.1 Å². The molecule has 0 unspecified atom stereocenters. The van der Waals surface area contributed by atoms with Crippen molar-refractivity contribution < 1.29 is 14.4 Å². The largest absolute Gasteiger partial charge is 0.370 e. The third-order valence-electron chi connectivity index (χ3n) is 4.08. The second-order valence-electron chi connectivity index (χ2n) is 6.04. The predicted molar refractivity (Wildman–Crippen MR) is 84.9 cm³/mol. The molecule has 116 valence electrons. The van der Waals surface area contributed by atoms with Crippen LogP contribution in [0.3, 0.4) is 0 Å². The van der Waals surface area contributed by atoms with E-state index in [0.29, 0.717) is 6.42 Å². The zero-order valence-corrected chi connectivity index (χ0v) is 13.4. The van der Waals surface area contributed by atoms with Gasteiger partial charge in [-0.05, 0) is 31.9 Å². The van der Waals surface area contributed by atoms with Crippen molar-refractivity contribution in [2.75, 3.05) is 38.2 Å². The molecule has 1 heterocycles. The van der Waals surface area contributed by atoms with Crippen LogP contribution in [0.15, 0.2) is 12.1 Å². The van der Waals surface area contributed by atoms with Gasteiger partial charge in [-0.25, -0.2) is 0 Å². The maximum Gasteiger partial charge on any atom is 0.224 e. The standard InChI is InChI=1S/C17H26N2O2/c1-13-11-14(2)17(15(3)12-13)18-16(20)5-4-6-19-7-9-21-10-8-19/h11-12H,4-10H2,1-3H3,(H,18,20)/p+1. The van der Waals surface area contributed by atoms with Gasteiger partial charge in [-0.3, -0.25) is 4.79 Å². The summed E-state index contributed by atoms with van der Waals surface area (Å²) in [6, 6.07) is 4.22. The molecule has 0 aromatic heterocycles. The zero-order chi connectivity index (χ0) is 15.2. The van der Waals surface area contributed by atoms with Gasteiger partial charge < -0.3 is 15.0 Å². The topological polar surface area (TPSA) is 42.8 Å². The quantitative estimate of drug-likeness (QED) is 0.857. The first-order valence-electron chi connectivity index (χ1n) is 7.85. The summed E-state index contributed by atoms with van der Waals surface area (Å²) in [6.07, 6.45) is 1.53. The van der Waals surface area contributed by atoms with Crippen LogP contribution < -0.4 is 10.2 Å². The molecule has 1 saturated heterocycles. The highest BCUT2D eigenvalue weighted by atomic mass is 16.5. The molecule has 1 fully saturated rings. The van der Waals surface area contributed by atoms with E-state index in [-0.39, 0.29) is 5.91 Å². The molecular weight excluding hydrogens is 264 g/mol. The van der Waals surface area contributed by atoms with Crippen LogP contribution in [0.25, 0.3) is 0 Å². The highest BCUT2D eigenvalue weighted by Crippen LogP contribution is 2.22. The number of hydrogen-bond donors (Lipinski definition) is 2. The minimum Gasteiger partial charge on any atom is -0.370 e. The van der Waals surface area contributed by atoms with Gasteiger partial charge in [0.2, 0.25) is 5.91 Å². The van der Waals surface area contributed by atoms with Crippen LogP contribution in [0.5, 0.6) is 0 Å². The van der Waals surface area contributed by atoms with Crippen LogP contribution in [0.1, 0.15) is 29.5 Å². The summed E-state index contributed by atoms with van der Waals surface area (Å²) >= 11 is 0. The summed E-state index contributed by atoms with van der Waals surface area (Å²) < 4.78 is 5.34. The lowest BCUT2D eigenvalue weighted by molar-refractivity contribution is -0.908. The minimum absolute atomic E-state index is 0.123. The van der Waals surface area contributed by atoms with Crippen molar-refractivity contribution in [2.45, 2.75) is 33.6 Å². The van der Waals surface area contributed by atoms with E-state index in [1.807, 2.05) is 13.8 Å². The van der Waals surface area contributed by atoms with Gasteiger partial charge in [0, 0.05) is 18.5 Å². The van der Waals surface area contributed by atoms with E-state index in [1.54, 1.807) is 4.90 Å². The van der Waals surface area contributed by atoms with Gasteiger partial charge in [-0.15, -0.1) is 0 Å². The number of hydrogen-bond acceptors (Lipinski definition) is 2. The van der Waals surface area contributed by atoms with Crippen molar-refractivity contribution in [3.63, 3.8) is 0 Å². The van der Waals surface area contributed by atoms with Gasteiger partial charge in [0.25, 0.3) is 0 Å². The average molecular weight is 291 g/mol. The van der Waals surface area contributed by atoms with Crippen molar-refractivity contribution >= 4 is 11.6 Å². The number of morpholine rings is 1. The number of benzene rings is 1. The zero-order valence-electron chi connectivity index (χ0n) is 13.4. The van der Waals surface area contributed by atoms with Crippen LogP contribution in [-0.2, 0) is 9.53 Å². The number of amides is 1. The van der Waals surface area contributed by atoms with E-state index in [4.69, 9.17) is 4.74 Å². The molecule has 0 atom stereocenters. The van der Waals surface area contributed by atoms with Crippen LogP contribution in [0.2, 0.25) is 0 Å². The van der Waals surface area contributed by atoms with Gasteiger partial charge >= 0.3 is 0 Å². The fraction of sp³-hybridized carbons (Fsp3) is 0.588. The van der Waals surface area contributed by atoms with Crippen LogP contribution in [0.4, 0.5) is 5.69 Å². The summed E-state index contributed by atoms with van der Waals surface area (Å²) in [5.41, 5.74) is 4.49. The summed E-state index contributed by atoms with van der Waals surface area (Å²) in [4.78, 5) is 13.7. The first-order chi connectivity index (χ1) is 10.1. The van der Waals surface area contributed by atoms with Crippen LogP contribution >= 0.6 is 0 Å². The monoisotopic (exact) mass is 291 g/mol. The maximum atomic E-state index is 12.1.